The molecule has 1 aliphatic heterocycles. The average Bonchev–Trinajstić information content (AvgIpc) is 2.77. The van der Waals surface area contributed by atoms with Crippen LogP contribution in [-0.4, -0.2) is 29.3 Å². The number of nitrogens with zero attached hydrogens (tertiary/aromatic N) is 2. The van der Waals surface area contributed by atoms with Crippen molar-refractivity contribution < 1.29 is 4.74 Å². The summed E-state index contributed by atoms with van der Waals surface area (Å²) < 4.78 is 8.22. The molecule has 2 rings (SSSR count). The smallest absolute Gasteiger partial charge is 0.114 e. The highest BCUT2D eigenvalue weighted by atomic mass is 16.5. The van der Waals surface area contributed by atoms with Gasteiger partial charge in [-0.3, -0.25) is 0 Å². The molecule has 4 heteroatoms. The number of hydrogen-bond acceptors (Lipinski definition) is 3. The third-order valence-electron chi connectivity index (χ3n) is 3.96. The van der Waals surface area contributed by atoms with Gasteiger partial charge in [-0.2, -0.15) is 0 Å². The Kier molecular flexibility index (Phi) is 5.44. The van der Waals surface area contributed by atoms with Crippen LogP contribution in [0.25, 0.3) is 0 Å². The van der Waals surface area contributed by atoms with E-state index in [4.69, 9.17) is 9.72 Å². The summed E-state index contributed by atoms with van der Waals surface area (Å²) in [5, 5.41) is 3.41. The third kappa shape index (κ3) is 4.30. The van der Waals surface area contributed by atoms with Gasteiger partial charge in [-0.05, 0) is 12.3 Å². The molecule has 21 heavy (non-hydrogen) atoms. The van der Waals surface area contributed by atoms with Gasteiger partial charge in [0.1, 0.15) is 5.82 Å². The Morgan fingerprint density at radius 1 is 1.29 bits per heavy atom. The predicted octanol–water partition coefficient (Wildman–Crippen LogP) is 2.89. The molecular formula is C17H31N3O. The first-order valence-electron chi connectivity index (χ1n) is 8.27. The Morgan fingerprint density at radius 2 is 2.05 bits per heavy atom. The Bertz CT molecular complexity index is 457. The zero-order valence-electron chi connectivity index (χ0n) is 14.3. The van der Waals surface area contributed by atoms with Crippen LogP contribution >= 0.6 is 0 Å². The van der Waals surface area contributed by atoms with E-state index in [9.17, 15) is 0 Å². The first kappa shape index (κ1) is 16.5. The fourth-order valence-electron chi connectivity index (χ4n) is 2.76. The van der Waals surface area contributed by atoms with Crippen LogP contribution < -0.4 is 5.32 Å². The highest BCUT2D eigenvalue weighted by Gasteiger charge is 2.26. The molecular weight excluding hydrogens is 262 g/mol. The molecule has 0 amide bonds. The van der Waals surface area contributed by atoms with Crippen molar-refractivity contribution in [3.63, 3.8) is 0 Å². The molecule has 0 spiro atoms. The van der Waals surface area contributed by atoms with Crippen LogP contribution in [0.5, 0.6) is 0 Å². The van der Waals surface area contributed by atoms with E-state index >= 15 is 0 Å². The van der Waals surface area contributed by atoms with Crippen LogP contribution in [0.3, 0.4) is 0 Å². The number of rotatable bonds is 6. The van der Waals surface area contributed by atoms with E-state index in [0.717, 1.165) is 45.7 Å². The monoisotopic (exact) mass is 293 g/mol. The van der Waals surface area contributed by atoms with Crippen LogP contribution in [0.2, 0.25) is 0 Å². The summed E-state index contributed by atoms with van der Waals surface area (Å²) in [7, 11) is 0. The van der Waals surface area contributed by atoms with Gasteiger partial charge in [0, 0.05) is 43.8 Å². The number of hydrogen-bond donors (Lipinski definition) is 1. The summed E-state index contributed by atoms with van der Waals surface area (Å²) in [6, 6.07) is 0. The second-order valence-electron chi connectivity index (χ2n) is 7.45. The molecule has 0 radical (unpaired) electrons. The van der Waals surface area contributed by atoms with E-state index in [1.54, 1.807) is 0 Å². The Hall–Kier alpha value is -0.870. The van der Waals surface area contributed by atoms with Gasteiger partial charge in [0.15, 0.2) is 0 Å². The Labute approximate surface area is 129 Å². The van der Waals surface area contributed by atoms with Crippen molar-refractivity contribution >= 4 is 0 Å². The maximum atomic E-state index is 5.81. The van der Waals surface area contributed by atoms with Crippen LogP contribution in [-0.2, 0) is 29.7 Å². The van der Waals surface area contributed by atoms with Crippen molar-refractivity contribution in [2.24, 2.45) is 5.92 Å². The Morgan fingerprint density at radius 3 is 2.71 bits per heavy atom. The van der Waals surface area contributed by atoms with Crippen LogP contribution in [0, 0.1) is 5.92 Å². The quantitative estimate of drug-likeness (QED) is 0.820. The maximum absolute atomic E-state index is 5.81. The molecule has 1 aromatic rings. The minimum Gasteiger partial charge on any atom is -0.380 e. The summed E-state index contributed by atoms with van der Waals surface area (Å²) in [6.07, 6.45) is 2.21. The van der Waals surface area contributed by atoms with Crippen LogP contribution in [0.4, 0.5) is 0 Å². The van der Waals surface area contributed by atoms with Gasteiger partial charge >= 0.3 is 0 Å². The van der Waals surface area contributed by atoms with Gasteiger partial charge in [-0.1, -0.05) is 34.6 Å². The molecule has 1 N–H and O–H groups in total. The normalized spacial score (nSPS) is 15.5. The third-order valence-corrected chi connectivity index (χ3v) is 3.96. The lowest BCUT2D eigenvalue weighted by Crippen LogP contribution is -2.26. The first-order valence-corrected chi connectivity index (χ1v) is 8.27. The lowest BCUT2D eigenvalue weighted by Gasteiger charge is -2.22. The fraction of sp³-hybridized carbons (Fsp3) is 0.824. The van der Waals surface area contributed by atoms with Crippen molar-refractivity contribution in [1.82, 2.24) is 14.9 Å². The second-order valence-corrected chi connectivity index (χ2v) is 7.45. The van der Waals surface area contributed by atoms with Gasteiger partial charge < -0.3 is 14.6 Å². The molecule has 1 aromatic heterocycles. The molecule has 0 atom stereocenters. The van der Waals surface area contributed by atoms with Crippen LogP contribution in [0.15, 0.2) is 0 Å². The van der Waals surface area contributed by atoms with Gasteiger partial charge in [-0.25, -0.2) is 4.98 Å². The lowest BCUT2D eigenvalue weighted by atomic mass is 9.95. The largest absolute Gasteiger partial charge is 0.380 e. The summed E-state index contributed by atoms with van der Waals surface area (Å²) in [6.45, 7) is 15.7. The van der Waals surface area contributed by atoms with Gasteiger partial charge in [-0.15, -0.1) is 0 Å². The number of nitrogens with one attached hydrogen (secondary N) is 1. The minimum absolute atomic E-state index is 0.0786. The van der Waals surface area contributed by atoms with E-state index in [0.29, 0.717) is 5.92 Å². The van der Waals surface area contributed by atoms with Crippen molar-refractivity contribution in [3.8, 4) is 0 Å². The first-order chi connectivity index (χ1) is 9.89. The fourth-order valence-corrected chi connectivity index (χ4v) is 2.76. The molecule has 0 bridgehead atoms. The summed E-state index contributed by atoms with van der Waals surface area (Å²) >= 11 is 0. The molecule has 120 valence electrons. The number of ether oxygens (including phenoxy) is 1. The van der Waals surface area contributed by atoms with Crippen molar-refractivity contribution in [2.75, 3.05) is 19.8 Å². The molecule has 1 aliphatic rings. The predicted molar refractivity (Wildman–Crippen MR) is 86.6 cm³/mol. The molecule has 0 saturated heterocycles. The minimum atomic E-state index is 0.0786. The summed E-state index contributed by atoms with van der Waals surface area (Å²) in [5.41, 5.74) is 2.72. The molecule has 0 aromatic carbocycles. The molecule has 0 unspecified atom stereocenters. The van der Waals surface area contributed by atoms with E-state index in [1.165, 1.54) is 17.2 Å². The van der Waals surface area contributed by atoms with Crippen molar-refractivity contribution in [1.29, 1.82) is 0 Å². The van der Waals surface area contributed by atoms with E-state index in [1.807, 2.05) is 0 Å². The topological polar surface area (TPSA) is 39.1 Å². The maximum Gasteiger partial charge on any atom is 0.114 e. The van der Waals surface area contributed by atoms with Gasteiger partial charge in [0.05, 0.1) is 12.3 Å². The number of aromatic nitrogens is 2. The summed E-state index contributed by atoms with van der Waals surface area (Å²) in [4.78, 5) is 4.89. The number of imidazole rings is 1. The van der Waals surface area contributed by atoms with Crippen LogP contribution in [0.1, 0.15) is 58.3 Å². The standard InChI is InChI=1S/C17H31N3O/c1-13(2)7-10-21-11-9-20-15-6-8-18-12-14(15)19-16(20)17(3,4)5/h13,18H,6-12H2,1-5H3. The van der Waals surface area contributed by atoms with E-state index in [-0.39, 0.29) is 5.41 Å². The zero-order chi connectivity index (χ0) is 15.5. The highest BCUT2D eigenvalue weighted by molar-refractivity contribution is 5.23. The highest BCUT2D eigenvalue weighted by Crippen LogP contribution is 2.26. The van der Waals surface area contributed by atoms with E-state index < -0.39 is 0 Å². The molecule has 2 heterocycles. The summed E-state index contributed by atoms with van der Waals surface area (Å²) in [5.74, 6) is 1.91. The molecule has 0 fully saturated rings. The molecule has 0 saturated carbocycles. The van der Waals surface area contributed by atoms with Crippen molar-refractivity contribution in [2.45, 2.75) is 66.0 Å². The second kappa shape index (κ2) is 6.93. The van der Waals surface area contributed by atoms with Gasteiger partial charge in [0.2, 0.25) is 0 Å². The number of fused-ring (bicyclic) bond motifs is 1. The average molecular weight is 293 g/mol. The molecule has 0 aliphatic carbocycles. The molecule has 4 nitrogen and oxygen atoms in total. The van der Waals surface area contributed by atoms with Crippen molar-refractivity contribution in [3.05, 3.63) is 17.2 Å². The van der Waals surface area contributed by atoms with Gasteiger partial charge in [0.25, 0.3) is 0 Å². The lowest BCUT2D eigenvalue weighted by molar-refractivity contribution is 0.114. The Balaban J connectivity index is 2.04. The van der Waals surface area contributed by atoms with E-state index in [2.05, 4.69) is 44.5 Å². The zero-order valence-corrected chi connectivity index (χ0v) is 14.3. The SMILES string of the molecule is CC(C)CCOCCn1c(C(C)(C)C)nc2c1CCNC2.